The summed E-state index contributed by atoms with van der Waals surface area (Å²) < 4.78 is 19.4. The third-order valence-corrected chi connectivity index (χ3v) is 11.2. The van der Waals surface area contributed by atoms with Crippen LogP contribution in [0.15, 0.2) is 41.0 Å². The zero-order valence-corrected chi connectivity index (χ0v) is 22.2. The first kappa shape index (κ1) is 26.6. The molecule has 9 heteroatoms. The molecular weight excluding hydrogens is 503 g/mol. The summed E-state index contributed by atoms with van der Waals surface area (Å²) in [5.74, 6) is -1.84. The molecular formula is C30H37FN2O6. The summed E-state index contributed by atoms with van der Waals surface area (Å²) in [4.78, 5) is 24.5. The lowest BCUT2D eigenvalue weighted by Gasteiger charge is -2.65. The van der Waals surface area contributed by atoms with Gasteiger partial charge in [-0.3, -0.25) is 4.79 Å². The second-order valence-electron chi connectivity index (χ2n) is 12.7. The number of aliphatic hydroxyl groups is 3. The summed E-state index contributed by atoms with van der Waals surface area (Å²) >= 11 is 0. The third kappa shape index (κ3) is 3.84. The summed E-state index contributed by atoms with van der Waals surface area (Å²) in [6.07, 6.45) is 7.52. The van der Waals surface area contributed by atoms with Crippen LogP contribution >= 0.6 is 0 Å². The fraction of sp³-hybridized carbons (Fsp3) is 0.633. The molecule has 4 saturated carbocycles. The van der Waals surface area contributed by atoms with Crippen LogP contribution in [0.4, 0.5) is 4.39 Å². The Bertz CT molecular complexity index is 1250. The van der Waals surface area contributed by atoms with Crippen molar-refractivity contribution in [1.29, 1.82) is 0 Å². The average Bonchev–Trinajstić information content (AvgIpc) is 3.44. The van der Waals surface area contributed by atoms with Gasteiger partial charge in [0.1, 0.15) is 12.4 Å². The van der Waals surface area contributed by atoms with Crippen molar-refractivity contribution in [2.75, 3.05) is 6.61 Å². The summed E-state index contributed by atoms with van der Waals surface area (Å²) in [5, 5.41) is 39.3. The van der Waals surface area contributed by atoms with E-state index in [0.29, 0.717) is 38.5 Å². The highest BCUT2D eigenvalue weighted by Gasteiger charge is 2.71. The minimum absolute atomic E-state index is 0.0496. The number of carbonyl (C=O) groups excluding carboxylic acids is 2. The molecule has 1 aromatic carbocycles. The van der Waals surface area contributed by atoms with Crippen molar-refractivity contribution < 1.29 is 34.0 Å². The van der Waals surface area contributed by atoms with E-state index in [0.717, 1.165) is 18.4 Å². The SMILES string of the molecule is C[C@]12CC[C@H]3[C@@H](CC[C@]4(O)C[C@H](O)CC[C@]34/C=N\NC(=O)c3ccccc3F)[C@@]1(O)CC[C@H]2C1=CC(=O)OC1. The van der Waals surface area contributed by atoms with Crippen LogP contribution < -0.4 is 5.43 Å². The number of rotatable bonds is 4. The fourth-order valence-corrected chi connectivity index (χ4v) is 9.27. The van der Waals surface area contributed by atoms with E-state index in [1.54, 1.807) is 18.4 Å². The van der Waals surface area contributed by atoms with E-state index in [1.807, 2.05) is 0 Å². The van der Waals surface area contributed by atoms with Gasteiger partial charge in [0, 0.05) is 29.5 Å². The van der Waals surface area contributed by atoms with Crippen molar-refractivity contribution in [3.8, 4) is 0 Å². The van der Waals surface area contributed by atoms with Crippen LogP contribution in [0.1, 0.15) is 75.1 Å². The van der Waals surface area contributed by atoms with Gasteiger partial charge in [0.25, 0.3) is 5.91 Å². The van der Waals surface area contributed by atoms with Gasteiger partial charge in [-0.1, -0.05) is 19.1 Å². The number of amides is 1. The molecule has 4 fully saturated rings. The Balaban J connectivity index is 1.33. The Kier molecular flexibility index (Phi) is 6.28. The smallest absolute Gasteiger partial charge is 0.331 e. The lowest BCUT2D eigenvalue weighted by atomic mass is 9.41. The second kappa shape index (κ2) is 9.21. The maximum atomic E-state index is 14.1. The zero-order valence-electron chi connectivity index (χ0n) is 22.2. The minimum Gasteiger partial charge on any atom is -0.458 e. The predicted molar refractivity (Wildman–Crippen MR) is 140 cm³/mol. The Morgan fingerprint density at radius 2 is 1.87 bits per heavy atom. The average molecular weight is 541 g/mol. The molecule has 0 radical (unpaired) electrons. The first-order valence-electron chi connectivity index (χ1n) is 14.1. The van der Waals surface area contributed by atoms with Gasteiger partial charge in [-0.25, -0.2) is 14.6 Å². The number of nitrogens with zero attached hydrogens (tertiary/aromatic N) is 1. The molecule has 1 aliphatic heterocycles. The minimum atomic E-state index is -1.24. The van der Waals surface area contributed by atoms with Crippen molar-refractivity contribution >= 4 is 18.1 Å². The van der Waals surface area contributed by atoms with Crippen LogP contribution in [-0.4, -0.2) is 57.3 Å². The number of hydrazone groups is 1. The molecule has 0 unspecified atom stereocenters. The molecule has 210 valence electrons. The summed E-state index contributed by atoms with van der Waals surface area (Å²) in [6.45, 7) is 2.41. The maximum absolute atomic E-state index is 14.1. The molecule has 8 atom stereocenters. The highest BCUT2D eigenvalue weighted by Crippen LogP contribution is 2.70. The van der Waals surface area contributed by atoms with E-state index in [1.165, 1.54) is 18.2 Å². The number of fused-ring (bicyclic) bond motifs is 5. The van der Waals surface area contributed by atoms with Gasteiger partial charge < -0.3 is 20.1 Å². The molecule has 6 rings (SSSR count). The Morgan fingerprint density at radius 1 is 1.10 bits per heavy atom. The summed E-state index contributed by atoms with van der Waals surface area (Å²) in [7, 11) is 0. The molecule has 1 aromatic rings. The molecule has 0 spiro atoms. The van der Waals surface area contributed by atoms with Crippen LogP contribution in [0, 0.1) is 34.4 Å². The number of halogens is 1. The Morgan fingerprint density at radius 3 is 2.62 bits per heavy atom. The Hall–Kier alpha value is -2.62. The predicted octanol–water partition coefficient (Wildman–Crippen LogP) is 3.25. The molecule has 1 amide bonds. The van der Waals surface area contributed by atoms with Crippen LogP contribution in [-0.2, 0) is 9.53 Å². The van der Waals surface area contributed by atoms with Gasteiger partial charge in [-0.2, -0.15) is 5.10 Å². The Labute approximate surface area is 227 Å². The van der Waals surface area contributed by atoms with E-state index < -0.39 is 39.9 Å². The fourth-order valence-electron chi connectivity index (χ4n) is 9.27. The molecule has 0 saturated heterocycles. The molecule has 4 N–H and O–H groups in total. The van der Waals surface area contributed by atoms with Crippen molar-refractivity contribution in [3.05, 3.63) is 47.3 Å². The third-order valence-electron chi connectivity index (χ3n) is 11.2. The molecule has 1 heterocycles. The largest absolute Gasteiger partial charge is 0.458 e. The highest BCUT2D eigenvalue weighted by molar-refractivity contribution is 5.94. The number of benzene rings is 1. The van der Waals surface area contributed by atoms with Crippen LogP contribution in [0.2, 0.25) is 0 Å². The number of ether oxygens (including phenoxy) is 1. The van der Waals surface area contributed by atoms with Gasteiger partial charge in [0.2, 0.25) is 0 Å². The number of nitrogens with one attached hydrogen (secondary N) is 1. The first-order chi connectivity index (χ1) is 18.5. The molecule has 0 bridgehead atoms. The van der Waals surface area contributed by atoms with Gasteiger partial charge >= 0.3 is 5.97 Å². The summed E-state index contributed by atoms with van der Waals surface area (Å²) in [6, 6.07) is 5.68. The van der Waals surface area contributed by atoms with Crippen LogP contribution in [0.3, 0.4) is 0 Å². The normalized spacial score (nSPS) is 43.3. The van der Waals surface area contributed by atoms with Crippen LogP contribution in [0.25, 0.3) is 0 Å². The van der Waals surface area contributed by atoms with Gasteiger partial charge in [-0.05, 0) is 86.8 Å². The van der Waals surface area contributed by atoms with Crippen molar-refractivity contribution in [3.63, 3.8) is 0 Å². The standard InChI is InChI=1S/C30H37FN2O6/c1-27-10-7-22-23(30(27,38)13-9-21(27)18-14-25(35)39-16-18)8-12-29(37)15-19(34)6-11-28(22,29)17-32-33-26(36)20-4-2-3-5-24(20)31/h2-5,14,17,19,21-23,34,37-38H,6-13,15-16H2,1H3,(H,33,36)/b32-17-/t19-,21+,22+,23-,27-,28+,29+,30+/m1/s1. The zero-order chi connectivity index (χ0) is 27.6. The monoisotopic (exact) mass is 540 g/mol. The maximum Gasteiger partial charge on any atom is 0.331 e. The number of esters is 1. The number of carbonyl (C=O) groups is 2. The van der Waals surface area contributed by atoms with Crippen molar-refractivity contribution in [2.45, 2.75) is 82.0 Å². The number of cyclic esters (lactones) is 1. The van der Waals surface area contributed by atoms with E-state index in [9.17, 15) is 29.3 Å². The van der Waals surface area contributed by atoms with Gasteiger partial charge in [-0.15, -0.1) is 0 Å². The number of hydrogen-bond donors (Lipinski definition) is 4. The number of hydrogen-bond acceptors (Lipinski definition) is 7. The van der Waals surface area contributed by atoms with E-state index in [-0.39, 0.29) is 42.3 Å². The van der Waals surface area contributed by atoms with E-state index in [4.69, 9.17) is 4.74 Å². The topological polar surface area (TPSA) is 128 Å². The van der Waals surface area contributed by atoms with E-state index >= 15 is 0 Å². The molecule has 4 aliphatic carbocycles. The summed E-state index contributed by atoms with van der Waals surface area (Å²) in [5.41, 5.74) is -0.250. The number of aliphatic hydroxyl groups excluding tert-OH is 1. The lowest BCUT2D eigenvalue weighted by Crippen LogP contribution is -2.68. The second-order valence-corrected chi connectivity index (χ2v) is 12.7. The molecule has 39 heavy (non-hydrogen) atoms. The quantitative estimate of drug-likeness (QED) is 0.264. The molecule has 8 nitrogen and oxygen atoms in total. The van der Waals surface area contributed by atoms with E-state index in [2.05, 4.69) is 17.5 Å². The van der Waals surface area contributed by atoms with Crippen molar-refractivity contribution in [2.24, 2.45) is 33.7 Å². The van der Waals surface area contributed by atoms with Gasteiger partial charge in [0.05, 0.1) is 22.9 Å². The highest BCUT2D eigenvalue weighted by atomic mass is 19.1. The first-order valence-corrected chi connectivity index (χ1v) is 14.1. The molecule has 5 aliphatic rings. The van der Waals surface area contributed by atoms with Crippen molar-refractivity contribution in [1.82, 2.24) is 5.43 Å². The van der Waals surface area contributed by atoms with Gasteiger partial charge in [0.15, 0.2) is 0 Å². The molecule has 0 aromatic heterocycles. The lowest BCUT2D eigenvalue weighted by molar-refractivity contribution is -0.237. The van der Waals surface area contributed by atoms with Crippen LogP contribution in [0.5, 0.6) is 0 Å².